The van der Waals surface area contributed by atoms with E-state index in [1.165, 1.54) is 85.3 Å². The van der Waals surface area contributed by atoms with Gasteiger partial charge in [0, 0.05) is 3.57 Å². The van der Waals surface area contributed by atoms with Gasteiger partial charge < -0.3 is 0 Å². The maximum Gasteiger partial charge on any atom is 0.0165 e. The van der Waals surface area contributed by atoms with Crippen molar-refractivity contribution >= 4 is 22.6 Å². The fourth-order valence-electron chi connectivity index (χ4n) is 3.65. The molecule has 0 aliphatic heterocycles. The van der Waals surface area contributed by atoms with Crippen LogP contribution >= 0.6 is 22.6 Å². The van der Waals surface area contributed by atoms with Gasteiger partial charge in [0.25, 0.3) is 0 Å². The molecule has 0 unspecified atom stereocenters. The van der Waals surface area contributed by atoms with Crippen LogP contribution in [-0.2, 0) is 12.8 Å². The van der Waals surface area contributed by atoms with Gasteiger partial charge in [-0.3, -0.25) is 0 Å². The van der Waals surface area contributed by atoms with E-state index < -0.39 is 0 Å². The molecule has 0 saturated heterocycles. The molecule has 2 rings (SSSR count). The zero-order valence-electron chi connectivity index (χ0n) is 16.5. The lowest BCUT2D eigenvalue weighted by atomic mass is 9.96. The molecule has 0 spiro atoms. The van der Waals surface area contributed by atoms with Crippen molar-refractivity contribution in [3.05, 3.63) is 68.8 Å². The first-order valence-corrected chi connectivity index (χ1v) is 11.7. The minimum absolute atomic E-state index is 1.06. The van der Waals surface area contributed by atoms with Crippen molar-refractivity contribution in [3.63, 3.8) is 0 Å². The van der Waals surface area contributed by atoms with E-state index in [0.29, 0.717) is 0 Å². The molecule has 26 heavy (non-hydrogen) atoms. The van der Waals surface area contributed by atoms with Gasteiger partial charge in [-0.1, -0.05) is 107 Å². The molecular formula is C25H35I. The van der Waals surface area contributed by atoms with Gasteiger partial charge in [0.15, 0.2) is 0 Å². The number of hydrogen-bond acceptors (Lipinski definition) is 0. The molecule has 0 heterocycles. The normalized spacial score (nSPS) is 11.0. The summed E-state index contributed by atoms with van der Waals surface area (Å²) in [7, 11) is 0. The van der Waals surface area contributed by atoms with E-state index in [4.69, 9.17) is 0 Å². The summed E-state index contributed by atoms with van der Waals surface area (Å²) in [6.07, 6.45) is 16.4. The Balaban J connectivity index is 1.70. The summed E-state index contributed by atoms with van der Waals surface area (Å²) in [5.74, 6) is 0. The van der Waals surface area contributed by atoms with Gasteiger partial charge in [0.2, 0.25) is 0 Å². The molecule has 0 amide bonds. The van der Waals surface area contributed by atoms with Crippen LogP contribution in [0.2, 0.25) is 0 Å². The zero-order valence-corrected chi connectivity index (χ0v) is 18.6. The Labute approximate surface area is 174 Å². The van der Waals surface area contributed by atoms with Crippen molar-refractivity contribution in [3.8, 4) is 0 Å². The average Bonchev–Trinajstić information content (AvgIpc) is 2.66. The molecule has 0 bridgehead atoms. The van der Waals surface area contributed by atoms with Crippen molar-refractivity contribution in [2.75, 3.05) is 0 Å². The SMILES string of the molecule is CCCCCCCCCCCCc1c(I)cccc1Cc1ccccc1. The molecule has 0 aliphatic rings. The highest BCUT2D eigenvalue weighted by Gasteiger charge is 2.07. The molecule has 0 nitrogen and oxygen atoms in total. The molecule has 1 heteroatoms. The summed E-state index contributed by atoms with van der Waals surface area (Å²) in [5.41, 5.74) is 4.51. The molecule has 0 radical (unpaired) electrons. The number of rotatable bonds is 13. The third-order valence-corrected chi connectivity index (χ3v) is 6.24. The molecule has 0 aliphatic carbocycles. The Morgan fingerprint density at radius 1 is 0.654 bits per heavy atom. The van der Waals surface area contributed by atoms with E-state index in [1.54, 1.807) is 5.56 Å². The highest BCUT2D eigenvalue weighted by atomic mass is 127. The molecule has 0 fully saturated rings. The van der Waals surface area contributed by atoms with Gasteiger partial charge in [0.05, 0.1) is 0 Å². The summed E-state index contributed by atoms with van der Waals surface area (Å²) in [5, 5.41) is 0. The van der Waals surface area contributed by atoms with Crippen LogP contribution in [0.3, 0.4) is 0 Å². The molecule has 2 aromatic rings. The van der Waals surface area contributed by atoms with Crippen LogP contribution in [0.4, 0.5) is 0 Å². The lowest BCUT2D eigenvalue weighted by molar-refractivity contribution is 0.556. The Morgan fingerprint density at radius 2 is 1.27 bits per heavy atom. The monoisotopic (exact) mass is 462 g/mol. The van der Waals surface area contributed by atoms with Gasteiger partial charge in [-0.15, -0.1) is 0 Å². The van der Waals surface area contributed by atoms with E-state index >= 15 is 0 Å². The van der Waals surface area contributed by atoms with Crippen molar-refractivity contribution in [2.24, 2.45) is 0 Å². The van der Waals surface area contributed by atoms with Crippen molar-refractivity contribution in [2.45, 2.75) is 84.0 Å². The smallest absolute Gasteiger partial charge is 0.0165 e. The molecular weight excluding hydrogens is 427 g/mol. The van der Waals surface area contributed by atoms with Crippen molar-refractivity contribution < 1.29 is 0 Å². The quantitative estimate of drug-likeness (QED) is 0.207. The van der Waals surface area contributed by atoms with Crippen molar-refractivity contribution in [1.29, 1.82) is 0 Å². The first kappa shape index (κ1) is 21.5. The van der Waals surface area contributed by atoms with E-state index in [-0.39, 0.29) is 0 Å². The maximum absolute atomic E-state index is 2.52. The number of halogens is 1. The topological polar surface area (TPSA) is 0 Å². The van der Waals surface area contributed by atoms with Crippen LogP contribution in [0.15, 0.2) is 48.5 Å². The van der Waals surface area contributed by atoms with E-state index in [2.05, 4.69) is 78.0 Å². The second-order valence-corrected chi connectivity index (χ2v) is 8.63. The standard InChI is InChI=1S/C25H35I/c1-2-3-4-5-6-7-8-9-10-14-19-24-23(18-15-20-25(24)26)21-22-16-12-11-13-17-22/h11-13,15-18,20H,2-10,14,19,21H2,1H3. The maximum atomic E-state index is 2.52. The lowest BCUT2D eigenvalue weighted by Gasteiger charge is -2.12. The summed E-state index contributed by atoms with van der Waals surface area (Å²) in [6, 6.07) is 17.7. The lowest BCUT2D eigenvalue weighted by Crippen LogP contribution is -1.99. The van der Waals surface area contributed by atoms with Crippen LogP contribution in [-0.4, -0.2) is 0 Å². The number of benzene rings is 2. The van der Waals surface area contributed by atoms with E-state index in [0.717, 1.165) is 6.42 Å². The van der Waals surface area contributed by atoms with Gasteiger partial charge in [-0.25, -0.2) is 0 Å². The zero-order chi connectivity index (χ0) is 18.5. The fourth-order valence-corrected chi connectivity index (χ4v) is 4.48. The molecule has 0 aromatic heterocycles. The number of hydrogen-bond donors (Lipinski definition) is 0. The average molecular weight is 462 g/mol. The van der Waals surface area contributed by atoms with Crippen LogP contribution in [0.25, 0.3) is 0 Å². The Morgan fingerprint density at radius 3 is 1.92 bits per heavy atom. The summed E-state index contributed by atoms with van der Waals surface area (Å²) in [6.45, 7) is 2.29. The minimum atomic E-state index is 1.06. The third-order valence-electron chi connectivity index (χ3n) is 5.23. The van der Waals surface area contributed by atoms with Crippen LogP contribution in [0.5, 0.6) is 0 Å². The highest BCUT2D eigenvalue weighted by molar-refractivity contribution is 14.1. The predicted octanol–water partition coefficient (Wildman–Crippen LogP) is 8.35. The van der Waals surface area contributed by atoms with Crippen LogP contribution in [0.1, 0.15) is 87.8 Å². The molecule has 0 atom stereocenters. The molecule has 0 N–H and O–H groups in total. The van der Waals surface area contributed by atoms with Gasteiger partial charge in [-0.05, 0) is 64.6 Å². The van der Waals surface area contributed by atoms with E-state index in [9.17, 15) is 0 Å². The summed E-state index contributed by atoms with van der Waals surface area (Å²) < 4.78 is 1.44. The largest absolute Gasteiger partial charge is 0.0654 e. The minimum Gasteiger partial charge on any atom is -0.0654 e. The Bertz CT molecular complexity index is 603. The van der Waals surface area contributed by atoms with Crippen LogP contribution < -0.4 is 0 Å². The predicted molar refractivity (Wildman–Crippen MR) is 124 cm³/mol. The first-order chi connectivity index (χ1) is 12.8. The second kappa shape index (κ2) is 13.4. The van der Waals surface area contributed by atoms with Gasteiger partial charge in [-0.2, -0.15) is 0 Å². The summed E-state index contributed by atoms with van der Waals surface area (Å²) >= 11 is 2.52. The third kappa shape index (κ3) is 8.24. The van der Waals surface area contributed by atoms with Gasteiger partial charge >= 0.3 is 0 Å². The second-order valence-electron chi connectivity index (χ2n) is 7.47. The highest BCUT2D eigenvalue weighted by Crippen LogP contribution is 2.23. The Kier molecular flexibility index (Phi) is 11.0. The van der Waals surface area contributed by atoms with Crippen molar-refractivity contribution in [1.82, 2.24) is 0 Å². The summed E-state index contributed by atoms with van der Waals surface area (Å²) in [4.78, 5) is 0. The van der Waals surface area contributed by atoms with Gasteiger partial charge in [0.1, 0.15) is 0 Å². The first-order valence-electron chi connectivity index (χ1n) is 10.6. The fraction of sp³-hybridized carbons (Fsp3) is 0.520. The Hall–Kier alpha value is -0.830. The number of unbranched alkanes of at least 4 members (excludes halogenated alkanes) is 9. The molecule has 2 aromatic carbocycles. The van der Waals surface area contributed by atoms with E-state index in [1.807, 2.05) is 0 Å². The van der Waals surface area contributed by atoms with Crippen LogP contribution in [0, 0.1) is 3.57 Å². The molecule has 0 saturated carbocycles. The molecule has 142 valence electrons.